The zero-order chi connectivity index (χ0) is 7.40. The molecular weight excluding hydrogens is 134 g/mol. The molecule has 1 aromatic carbocycles. The third-order valence-electron chi connectivity index (χ3n) is 1.17. The zero-order valence-electron chi connectivity index (χ0n) is 5.28. The first-order valence-electron chi connectivity index (χ1n) is 2.89. The van der Waals surface area contributed by atoms with E-state index in [0.717, 1.165) is 0 Å². The maximum Gasteiger partial charge on any atom is 0.225 e. The van der Waals surface area contributed by atoms with E-state index in [0.29, 0.717) is 11.8 Å². The monoisotopic (exact) mass is 140 g/mol. The van der Waals surface area contributed by atoms with Crippen molar-refractivity contribution in [1.29, 1.82) is 0 Å². The first-order valence-corrected chi connectivity index (χ1v) is 2.89. The molecule has 1 rings (SSSR count). The normalized spacial score (nSPS) is 8.80. The fourth-order valence-corrected chi connectivity index (χ4v) is 0.670. The number of carbonyl (C=O) groups excluding carboxylic acids is 2. The lowest BCUT2D eigenvalue weighted by Crippen LogP contribution is -1.97. The lowest BCUT2D eigenvalue weighted by Gasteiger charge is -1.88. The minimum Gasteiger partial charge on any atom is -0.294 e. The van der Waals surface area contributed by atoms with Crippen molar-refractivity contribution in [2.24, 2.45) is 0 Å². The van der Waals surface area contributed by atoms with Crippen LogP contribution in [0.1, 0.15) is 10.4 Å². The molecule has 0 saturated heterocycles. The summed E-state index contributed by atoms with van der Waals surface area (Å²) in [5.41, 5.74) is 0.442. The van der Waals surface area contributed by atoms with Gasteiger partial charge in [-0.3, -0.25) is 9.59 Å². The third kappa shape index (κ3) is 1.29. The Hall–Kier alpha value is -1.44. The Morgan fingerprint density at radius 3 is 2.30 bits per heavy atom. The molecule has 2 heteroatoms. The molecule has 10 heavy (non-hydrogen) atoms. The van der Waals surface area contributed by atoms with Gasteiger partial charge in [-0.05, 0) is 0 Å². The number of carbonyl (C=O) groups is 2. The Morgan fingerprint density at radius 1 is 1.20 bits per heavy atom. The van der Waals surface area contributed by atoms with Crippen molar-refractivity contribution in [2.75, 3.05) is 0 Å². The maximum atomic E-state index is 10.6. The number of rotatable bonds is 2. The molecule has 0 amide bonds. The van der Waals surface area contributed by atoms with E-state index in [1.165, 1.54) is 0 Å². The summed E-state index contributed by atoms with van der Waals surface area (Å²) in [6, 6.07) is 8.45. The molecule has 0 atom stereocenters. The van der Waals surface area contributed by atoms with Gasteiger partial charge in [-0.2, -0.15) is 0 Å². The summed E-state index contributed by atoms with van der Waals surface area (Å²) in [4.78, 5) is 20.6. The summed E-state index contributed by atoms with van der Waals surface area (Å²) in [6.07, 6.45) is 0.315. The SMILES string of the molecule is O=CC(=O)[13c]1[13cH][13cH][13cH][13cH][13cH]1. The van der Waals surface area contributed by atoms with Gasteiger partial charge in [-0.15, -0.1) is 0 Å². The van der Waals surface area contributed by atoms with Gasteiger partial charge in [0.1, 0.15) is 0 Å². The van der Waals surface area contributed by atoms with Crippen molar-refractivity contribution >= 4 is 12.1 Å². The van der Waals surface area contributed by atoms with Crippen LogP contribution in [0.15, 0.2) is 30.3 Å². The van der Waals surface area contributed by atoms with E-state index in [4.69, 9.17) is 0 Å². The van der Waals surface area contributed by atoms with Crippen LogP contribution in [-0.4, -0.2) is 12.1 Å². The number of aldehydes is 1. The second kappa shape index (κ2) is 2.92. The fourth-order valence-electron chi connectivity index (χ4n) is 0.670. The van der Waals surface area contributed by atoms with Gasteiger partial charge < -0.3 is 0 Å². The highest BCUT2D eigenvalue weighted by molar-refractivity contribution is 6.33. The molecule has 0 heterocycles. The molecule has 50 valence electrons. The first-order chi connectivity index (χ1) is 4.84. The smallest absolute Gasteiger partial charge is 0.225 e. The largest absolute Gasteiger partial charge is 0.294 e. The first kappa shape index (κ1) is 6.68. The van der Waals surface area contributed by atoms with Crippen molar-refractivity contribution in [3.63, 3.8) is 0 Å². The zero-order valence-corrected chi connectivity index (χ0v) is 5.28. The topological polar surface area (TPSA) is 34.1 Å². The van der Waals surface area contributed by atoms with Crippen molar-refractivity contribution < 1.29 is 9.59 Å². The highest BCUT2D eigenvalue weighted by Crippen LogP contribution is 1.96. The van der Waals surface area contributed by atoms with Gasteiger partial charge in [0.05, 0.1) is 0 Å². The van der Waals surface area contributed by atoms with Gasteiger partial charge in [-0.25, -0.2) is 0 Å². The molecule has 0 bridgehead atoms. The Morgan fingerprint density at radius 2 is 1.80 bits per heavy atom. The molecule has 0 radical (unpaired) electrons. The molecule has 0 N–H and O–H groups in total. The van der Waals surface area contributed by atoms with E-state index in [2.05, 4.69) is 0 Å². The van der Waals surface area contributed by atoms with Crippen LogP contribution >= 0.6 is 0 Å². The maximum absolute atomic E-state index is 10.6. The predicted molar refractivity (Wildman–Crippen MR) is 36.8 cm³/mol. The summed E-state index contributed by atoms with van der Waals surface area (Å²) >= 11 is 0. The van der Waals surface area contributed by atoms with Crippen LogP contribution in [0.25, 0.3) is 0 Å². The Labute approximate surface area is 58.5 Å². The van der Waals surface area contributed by atoms with Crippen molar-refractivity contribution in [3.8, 4) is 0 Å². The summed E-state index contributed by atoms with van der Waals surface area (Å²) in [6.45, 7) is 0. The van der Waals surface area contributed by atoms with Crippen molar-refractivity contribution in [1.82, 2.24) is 0 Å². The van der Waals surface area contributed by atoms with Gasteiger partial charge in [0.2, 0.25) is 5.78 Å². The number of hydrogen-bond donors (Lipinski definition) is 0. The number of Topliss-reactive ketones (excluding diaryl/α,β-unsaturated/α-hetero) is 1. The molecule has 1 aromatic rings. The molecule has 0 unspecified atom stereocenters. The molecule has 2 nitrogen and oxygen atoms in total. The highest BCUT2D eigenvalue weighted by atomic mass is 16.2. The lowest BCUT2D eigenvalue weighted by atomic mass is 10.6. The summed E-state index contributed by atoms with van der Waals surface area (Å²) in [5.74, 6) is -0.472. The van der Waals surface area contributed by atoms with Crippen LogP contribution in [-0.2, 0) is 4.79 Å². The van der Waals surface area contributed by atoms with Crippen LogP contribution in [0, 0.1) is 0 Å². The molecule has 0 spiro atoms. The van der Waals surface area contributed by atoms with Gasteiger partial charge in [0.25, 0.3) is 0 Å². The van der Waals surface area contributed by atoms with Crippen molar-refractivity contribution in [3.05, 3.63) is 35.9 Å². The molecule has 0 aromatic heterocycles. The van der Waals surface area contributed by atoms with Gasteiger partial charge in [-0.1, -0.05) is 30.3 Å². The van der Waals surface area contributed by atoms with Gasteiger partial charge in [0, 0.05) is 5.56 Å². The second-order valence-corrected chi connectivity index (χ2v) is 1.85. The molecule has 0 saturated carbocycles. The summed E-state index contributed by atoms with van der Waals surface area (Å²) in [7, 11) is 0. The fraction of sp³-hybridized carbons (Fsp3) is 0. The Bertz CT molecular complexity index is 239. The van der Waals surface area contributed by atoms with E-state index in [9.17, 15) is 9.59 Å². The summed E-state index contributed by atoms with van der Waals surface area (Å²) < 4.78 is 0. The Balaban J connectivity index is 2.95. The van der Waals surface area contributed by atoms with Gasteiger partial charge in [0.15, 0.2) is 6.29 Å². The molecule has 0 aliphatic carbocycles. The number of hydrogen-bond acceptors (Lipinski definition) is 2. The van der Waals surface area contributed by atoms with Crippen LogP contribution in [0.5, 0.6) is 0 Å². The average molecular weight is 140 g/mol. The lowest BCUT2D eigenvalue weighted by molar-refractivity contribution is -0.104. The van der Waals surface area contributed by atoms with E-state index < -0.39 is 5.78 Å². The minimum absolute atomic E-state index is 0.315. The molecule has 0 aliphatic heterocycles. The van der Waals surface area contributed by atoms with E-state index in [1.54, 1.807) is 30.3 Å². The van der Waals surface area contributed by atoms with Gasteiger partial charge >= 0.3 is 0 Å². The second-order valence-electron chi connectivity index (χ2n) is 1.85. The highest BCUT2D eigenvalue weighted by Gasteiger charge is 1.99. The predicted octanol–water partition coefficient (Wildman–Crippen LogP) is 1.07. The quantitative estimate of drug-likeness (QED) is 0.349. The number of benzene rings is 1. The molecule has 0 fully saturated rings. The third-order valence-corrected chi connectivity index (χ3v) is 1.17. The Kier molecular flexibility index (Phi) is 1.95. The average Bonchev–Trinajstić information content (AvgIpc) is 2.05. The van der Waals surface area contributed by atoms with E-state index >= 15 is 0 Å². The van der Waals surface area contributed by atoms with Crippen LogP contribution in [0.4, 0.5) is 0 Å². The standard InChI is InChI=1S/C8H6O2/c9-6-8(10)7-4-2-1-3-5-7/h1-6H/i1+1,2+1,3+1,4+1,5+1,7+1. The molecular formula is C8H6O2. The van der Waals surface area contributed by atoms with Crippen LogP contribution < -0.4 is 0 Å². The molecule has 0 aliphatic rings. The van der Waals surface area contributed by atoms with Crippen LogP contribution in [0.3, 0.4) is 0 Å². The van der Waals surface area contributed by atoms with Crippen LogP contribution in [0.2, 0.25) is 0 Å². The summed E-state index contributed by atoms with van der Waals surface area (Å²) in [5, 5.41) is 0. The minimum atomic E-state index is -0.472. The van der Waals surface area contributed by atoms with Crippen molar-refractivity contribution in [2.45, 2.75) is 0 Å². The van der Waals surface area contributed by atoms with E-state index in [-0.39, 0.29) is 0 Å². The number of ketones is 1. The van der Waals surface area contributed by atoms with E-state index in [1.807, 2.05) is 0 Å².